The minimum absolute atomic E-state index is 0.0465. The van der Waals surface area contributed by atoms with E-state index in [1.54, 1.807) is 40.1 Å². The number of amides is 1. The van der Waals surface area contributed by atoms with Gasteiger partial charge in [-0.25, -0.2) is 0 Å². The molecule has 4 bridgehead atoms. The van der Waals surface area contributed by atoms with Crippen molar-refractivity contribution in [3.05, 3.63) is 28.8 Å². The molecule has 4 saturated carbocycles. The third-order valence-corrected chi connectivity index (χ3v) is 9.33. The van der Waals surface area contributed by atoms with Crippen LogP contribution in [0.15, 0.2) is 18.2 Å². The number of carbonyl (C=O) groups excluding carboxylic acids is 1. The number of ether oxygens (including phenoxy) is 1. The van der Waals surface area contributed by atoms with Gasteiger partial charge >= 0.3 is 0 Å². The standard InChI is InChI=1S/C23H34ClN3O4S/c1-14-8-18(24)6-7-19(14)31-22(2,3)21(28)25-20-16-9-15-10-17(20)13-23(11-15,12-16)26-32(29,30)27(4)5/h6-8,15-17,20,26H,9-13H2,1-5H3,(H,25,28)/t15?,16-,17+,20+,23+. The van der Waals surface area contributed by atoms with Gasteiger partial charge in [0.1, 0.15) is 5.75 Å². The molecule has 32 heavy (non-hydrogen) atoms. The molecule has 1 aromatic rings. The fraction of sp³-hybridized carbons (Fsp3) is 0.696. The fourth-order valence-corrected chi connectivity index (χ4v) is 7.33. The smallest absolute Gasteiger partial charge is 0.279 e. The van der Waals surface area contributed by atoms with Gasteiger partial charge in [0.2, 0.25) is 0 Å². The lowest BCUT2D eigenvalue weighted by Gasteiger charge is -2.60. The van der Waals surface area contributed by atoms with Gasteiger partial charge in [0.25, 0.3) is 16.1 Å². The Labute approximate surface area is 196 Å². The number of carbonyl (C=O) groups is 1. The van der Waals surface area contributed by atoms with Gasteiger partial charge in [-0.2, -0.15) is 17.4 Å². The largest absolute Gasteiger partial charge is 0.478 e. The van der Waals surface area contributed by atoms with Crippen LogP contribution in [0.1, 0.15) is 51.5 Å². The van der Waals surface area contributed by atoms with Gasteiger partial charge < -0.3 is 10.1 Å². The lowest BCUT2D eigenvalue weighted by Crippen LogP contribution is -2.68. The Morgan fingerprint density at radius 2 is 1.81 bits per heavy atom. The maximum Gasteiger partial charge on any atom is 0.279 e. The van der Waals surface area contributed by atoms with Gasteiger partial charge in [-0.05, 0) is 94.4 Å². The fourth-order valence-electron chi connectivity index (χ4n) is 6.12. The molecule has 0 saturated heterocycles. The predicted molar refractivity (Wildman–Crippen MR) is 125 cm³/mol. The molecule has 2 N–H and O–H groups in total. The molecule has 4 aliphatic carbocycles. The predicted octanol–water partition coefficient (Wildman–Crippen LogP) is 3.27. The van der Waals surface area contributed by atoms with Crippen molar-refractivity contribution in [2.75, 3.05) is 14.1 Å². The van der Waals surface area contributed by atoms with Crippen LogP contribution in [0.5, 0.6) is 5.75 Å². The highest BCUT2D eigenvalue weighted by Crippen LogP contribution is 2.56. The lowest BCUT2D eigenvalue weighted by molar-refractivity contribution is -0.138. The third kappa shape index (κ3) is 4.52. The molecule has 5 rings (SSSR count). The van der Waals surface area contributed by atoms with Gasteiger partial charge in [-0.3, -0.25) is 4.79 Å². The number of aryl methyl sites for hydroxylation is 1. The molecule has 4 aliphatic rings. The van der Waals surface area contributed by atoms with Crippen LogP contribution in [0, 0.1) is 24.7 Å². The van der Waals surface area contributed by atoms with Crippen molar-refractivity contribution in [3.63, 3.8) is 0 Å². The van der Waals surface area contributed by atoms with E-state index in [0.717, 1.165) is 37.7 Å². The second kappa shape index (κ2) is 8.15. The Balaban J connectivity index is 1.46. The third-order valence-electron chi connectivity index (χ3n) is 7.45. The van der Waals surface area contributed by atoms with Gasteiger partial charge in [-0.1, -0.05) is 11.6 Å². The average Bonchev–Trinajstić information content (AvgIpc) is 2.65. The molecule has 7 nitrogen and oxygen atoms in total. The van der Waals surface area contributed by atoms with Crippen molar-refractivity contribution in [2.24, 2.45) is 17.8 Å². The lowest BCUT2D eigenvalue weighted by atomic mass is 9.51. The van der Waals surface area contributed by atoms with Crippen LogP contribution >= 0.6 is 11.6 Å². The molecule has 1 unspecified atom stereocenters. The molecule has 0 aromatic heterocycles. The second-order valence-corrected chi connectivity index (χ2v) is 13.0. The molecule has 0 radical (unpaired) electrons. The first-order chi connectivity index (χ1) is 14.8. The Morgan fingerprint density at radius 3 is 2.38 bits per heavy atom. The number of hydrogen-bond donors (Lipinski definition) is 2. The Hall–Kier alpha value is -1.35. The van der Waals surface area contributed by atoms with Crippen LogP contribution in [0.25, 0.3) is 0 Å². The maximum atomic E-state index is 13.3. The molecule has 178 valence electrons. The first kappa shape index (κ1) is 23.8. The summed E-state index contributed by atoms with van der Waals surface area (Å²) in [5.41, 5.74) is -0.562. The van der Waals surface area contributed by atoms with Crippen molar-refractivity contribution < 1.29 is 17.9 Å². The van der Waals surface area contributed by atoms with Gasteiger partial charge in [-0.15, -0.1) is 0 Å². The van der Waals surface area contributed by atoms with Crippen molar-refractivity contribution in [1.29, 1.82) is 0 Å². The summed E-state index contributed by atoms with van der Waals surface area (Å²) >= 11 is 6.04. The number of nitrogens with zero attached hydrogens (tertiary/aromatic N) is 1. The summed E-state index contributed by atoms with van der Waals surface area (Å²) in [4.78, 5) is 13.3. The first-order valence-electron chi connectivity index (χ1n) is 11.3. The van der Waals surface area contributed by atoms with Crippen molar-refractivity contribution >= 4 is 27.7 Å². The van der Waals surface area contributed by atoms with Gasteiger partial charge in [0.15, 0.2) is 5.60 Å². The monoisotopic (exact) mass is 483 g/mol. The highest BCUT2D eigenvalue weighted by Gasteiger charge is 2.57. The number of nitrogens with one attached hydrogen (secondary N) is 2. The van der Waals surface area contributed by atoms with Crippen LogP contribution in [0.2, 0.25) is 5.02 Å². The van der Waals surface area contributed by atoms with Gasteiger partial charge in [0.05, 0.1) is 0 Å². The first-order valence-corrected chi connectivity index (χ1v) is 13.1. The zero-order valence-corrected chi connectivity index (χ0v) is 21.0. The minimum Gasteiger partial charge on any atom is -0.478 e. The van der Waals surface area contributed by atoms with E-state index < -0.39 is 21.3 Å². The number of rotatable bonds is 7. The quantitative estimate of drug-likeness (QED) is 0.623. The summed E-state index contributed by atoms with van der Waals surface area (Å²) in [6, 6.07) is 5.40. The van der Waals surface area contributed by atoms with Gasteiger partial charge in [0, 0.05) is 30.7 Å². The van der Waals surface area contributed by atoms with Crippen LogP contribution in [0.3, 0.4) is 0 Å². The summed E-state index contributed by atoms with van der Waals surface area (Å²) in [5, 5.41) is 3.91. The van der Waals surface area contributed by atoms with Crippen molar-refractivity contribution in [2.45, 2.75) is 70.1 Å². The molecular formula is C23H34ClN3O4S. The summed E-state index contributed by atoms with van der Waals surface area (Å²) < 4.78 is 35.4. The Morgan fingerprint density at radius 1 is 1.19 bits per heavy atom. The molecular weight excluding hydrogens is 450 g/mol. The molecule has 0 aliphatic heterocycles. The summed E-state index contributed by atoms with van der Waals surface area (Å²) in [6.45, 7) is 5.46. The van der Waals surface area contributed by atoms with E-state index in [1.165, 1.54) is 4.31 Å². The van der Waals surface area contributed by atoms with E-state index >= 15 is 0 Å². The number of benzene rings is 1. The SMILES string of the molecule is Cc1cc(Cl)ccc1OC(C)(C)C(=O)N[C@H]1[C@@H]2CC3C[C@H]1C[C@](NS(=O)(=O)N(C)C)(C3)C2. The maximum absolute atomic E-state index is 13.3. The number of hydrogen-bond acceptors (Lipinski definition) is 4. The van der Waals surface area contributed by atoms with E-state index in [-0.39, 0.29) is 23.8 Å². The van der Waals surface area contributed by atoms with Crippen LogP contribution in [0.4, 0.5) is 0 Å². The average molecular weight is 484 g/mol. The summed E-state index contributed by atoms with van der Waals surface area (Å²) in [5.74, 6) is 1.53. The molecule has 1 amide bonds. The zero-order chi connectivity index (χ0) is 23.5. The van der Waals surface area contributed by atoms with Crippen LogP contribution in [-0.2, 0) is 15.0 Å². The zero-order valence-electron chi connectivity index (χ0n) is 19.4. The summed E-state index contributed by atoms with van der Waals surface area (Å²) in [7, 11) is -0.396. The van der Waals surface area contributed by atoms with Crippen LogP contribution < -0.4 is 14.8 Å². The molecule has 4 fully saturated rings. The van der Waals surface area contributed by atoms with E-state index in [4.69, 9.17) is 16.3 Å². The molecule has 0 heterocycles. The topological polar surface area (TPSA) is 87.7 Å². The van der Waals surface area contributed by atoms with E-state index in [9.17, 15) is 13.2 Å². The Kier molecular flexibility index (Phi) is 6.06. The molecule has 0 spiro atoms. The highest BCUT2D eigenvalue weighted by molar-refractivity contribution is 7.87. The number of halogens is 1. The van der Waals surface area contributed by atoms with E-state index in [1.807, 2.05) is 13.0 Å². The second-order valence-electron chi connectivity index (χ2n) is 10.7. The summed E-state index contributed by atoms with van der Waals surface area (Å²) in [6.07, 6.45) is 4.47. The van der Waals surface area contributed by atoms with Crippen molar-refractivity contribution in [3.8, 4) is 5.75 Å². The van der Waals surface area contributed by atoms with Crippen molar-refractivity contribution in [1.82, 2.24) is 14.3 Å². The van der Waals surface area contributed by atoms with E-state index in [0.29, 0.717) is 16.7 Å². The van der Waals surface area contributed by atoms with E-state index in [2.05, 4.69) is 10.0 Å². The molecule has 5 atom stereocenters. The Bertz CT molecular complexity index is 994. The normalized spacial score (nSPS) is 31.7. The minimum atomic E-state index is -3.50. The molecule has 1 aromatic carbocycles. The highest BCUT2D eigenvalue weighted by atomic mass is 35.5. The van der Waals surface area contributed by atoms with Crippen LogP contribution in [-0.4, -0.2) is 49.9 Å². The molecule has 9 heteroatoms.